The van der Waals surface area contributed by atoms with E-state index in [0.717, 1.165) is 35.1 Å². The molecule has 1 aromatic heterocycles. The molecular formula is C19H21N3O. The number of fused-ring (bicyclic) bond motifs is 1. The minimum absolute atomic E-state index is 0.218. The summed E-state index contributed by atoms with van der Waals surface area (Å²) in [6.45, 7) is 2.85. The van der Waals surface area contributed by atoms with Gasteiger partial charge in [-0.2, -0.15) is 0 Å². The van der Waals surface area contributed by atoms with Crippen LogP contribution in [0.2, 0.25) is 0 Å². The molecule has 0 bridgehead atoms. The summed E-state index contributed by atoms with van der Waals surface area (Å²) in [7, 11) is 0. The molecule has 0 radical (unpaired) electrons. The summed E-state index contributed by atoms with van der Waals surface area (Å²) in [5, 5.41) is 0.957. The number of primary amides is 1. The van der Waals surface area contributed by atoms with Crippen molar-refractivity contribution in [3.05, 3.63) is 65.4 Å². The molecule has 4 N–H and O–H groups in total. The summed E-state index contributed by atoms with van der Waals surface area (Å²) >= 11 is 0. The smallest absolute Gasteiger partial charge is 0.221 e. The van der Waals surface area contributed by atoms with E-state index in [9.17, 15) is 4.79 Å². The number of nitrogens with two attached hydrogens (primary N) is 2. The summed E-state index contributed by atoms with van der Waals surface area (Å²) < 4.78 is 2.25. The highest BCUT2D eigenvalue weighted by Gasteiger charge is 2.19. The van der Waals surface area contributed by atoms with E-state index in [1.165, 1.54) is 5.56 Å². The van der Waals surface area contributed by atoms with Crippen LogP contribution < -0.4 is 11.5 Å². The Kier molecular flexibility index (Phi) is 4.06. The number of amides is 1. The van der Waals surface area contributed by atoms with Gasteiger partial charge in [0, 0.05) is 23.3 Å². The number of carbonyl (C=O) groups excluding carboxylic acids is 1. The number of carbonyl (C=O) groups is 1. The molecule has 3 aromatic rings. The van der Waals surface area contributed by atoms with Crippen LogP contribution in [-0.2, 0) is 24.2 Å². The Bertz CT molecular complexity index is 850. The fourth-order valence-corrected chi connectivity index (χ4v) is 3.28. The van der Waals surface area contributed by atoms with Crippen molar-refractivity contribution in [1.29, 1.82) is 0 Å². The van der Waals surface area contributed by atoms with E-state index in [0.29, 0.717) is 5.69 Å². The van der Waals surface area contributed by atoms with Crippen molar-refractivity contribution in [2.24, 2.45) is 5.73 Å². The zero-order valence-electron chi connectivity index (χ0n) is 13.3. The molecule has 0 aliphatic carbocycles. The van der Waals surface area contributed by atoms with Gasteiger partial charge < -0.3 is 16.0 Å². The van der Waals surface area contributed by atoms with Crippen LogP contribution in [0.15, 0.2) is 48.5 Å². The Labute approximate surface area is 135 Å². The lowest BCUT2D eigenvalue weighted by Gasteiger charge is -2.11. The number of aromatic nitrogens is 1. The van der Waals surface area contributed by atoms with E-state index in [4.69, 9.17) is 11.5 Å². The van der Waals surface area contributed by atoms with Crippen molar-refractivity contribution < 1.29 is 4.79 Å². The van der Waals surface area contributed by atoms with Crippen LogP contribution in [-0.4, -0.2) is 10.5 Å². The summed E-state index contributed by atoms with van der Waals surface area (Å²) in [6.07, 6.45) is 1.04. The quantitative estimate of drug-likeness (QED) is 0.711. The SMILES string of the molecule is CCc1c(CC(N)=O)c2c(N)cccc2n1Cc1ccccc1. The maximum Gasteiger partial charge on any atom is 0.221 e. The molecule has 0 atom stereocenters. The minimum atomic E-state index is -0.332. The first kappa shape index (κ1) is 15.2. The number of rotatable bonds is 5. The first-order valence-electron chi connectivity index (χ1n) is 7.82. The highest BCUT2D eigenvalue weighted by atomic mass is 16.1. The summed E-state index contributed by atoms with van der Waals surface area (Å²) in [6, 6.07) is 16.2. The van der Waals surface area contributed by atoms with Gasteiger partial charge in [0.25, 0.3) is 0 Å². The van der Waals surface area contributed by atoms with Crippen molar-refractivity contribution in [1.82, 2.24) is 4.57 Å². The van der Waals surface area contributed by atoms with E-state index >= 15 is 0 Å². The number of anilines is 1. The average Bonchev–Trinajstić information content (AvgIpc) is 2.82. The van der Waals surface area contributed by atoms with Gasteiger partial charge in [0.2, 0.25) is 5.91 Å². The second-order valence-electron chi connectivity index (χ2n) is 5.73. The summed E-state index contributed by atoms with van der Waals surface area (Å²) in [4.78, 5) is 11.5. The predicted octanol–water partition coefficient (Wildman–Crippen LogP) is 2.86. The van der Waals surface area contributed by atoms with Gasteiger partial charge in [0.1, 0.15) is 0 Å². The zero-order valence-corrected chi connectivity index (χ0v) is 13.3. The molecule has 0 saturated heterocycles. The monoisotopic (exact) mass is 307 g/mol. The van der Waals surface area contributed by atoms with Gasteiger partial charge in [-0.25, -0.2) is 0 Å². The summed E-state index contributed by atoms with van der Waals surface area (Å²) in [5.41, 5.74) is 16.7. The molecule has 0 aliphatic heterocycles. The van der Waals surface area contributed by atoms with Crippen LogP contribution in [0.25, 0.3) is 10.9 Å². The van der Waals surface area contributed by atoms with Crippen molar-refractivity contribution in [2.45, 2.75) is 26.3 Å². The normalized spacial score (nSPS) is 11.0. The molecule has 1 amide bonds. The van der Waals surface area contributed by atoms with Gasteiger partial charge in [0.05, 0.1) is 11.9 Å². The lowest BCUT2D eigenvalue weighted by Crippen LogP contribution is -2.15. The molecule has 0 saturated carbocycles. The predicted molar refractivity (Wildman–Crippen MR) is 94.2 cm³/mol. The minimum Gasteiger partial charge on any atom is -0.398 e. The molecule has 4 heteroatoms. The van der Waals surface area contributed by atoms with Gasteiger partial charge in [-0.3, -0.25) is 4.79 Å². The number of benzene rings is 2. The van der Waals surface area contributed by atoms with E-state index in [-0.39, 0.29) is 12.3 Å². The Hall–Kier alpha value is -2.75. The van der Waals surface area contributed by atoms with Gasteiger partial charge in [-0.1, -0.05) is 43.3 Å². The van der Waals surface area contributed by atoms with Gasteiger partial charge in [-0.05, 0) is 29.7 Å². The molecule has 4 nitrogen and oxygen atoms in total. The molecule has 0 aliphatic rings. The maximum atomic E-state index is 11.5. The first-order chi connectivity index (χ1) is 11.1. The van der Waals surface area contributed by atoms with Gasteiger partial charge in [-0.15, -0.1) is 0 Å². The van der Waals surface area contributed by atoms with Crippen LogP contribution in [0.1, 0.15) is 23.7 Å². The average molecular weight is 307 g/mol. The number of nitrogen functional groups attached to an aromatic ring is 1. The van der Waals surface area contributed by atoms with Gasteiger partial charge >= 0.3 is 0 Å². The van der Waals surface area contributed by atoms with Crippen LogP contribution in [0, 0.1) is 0 Å². The molecule has 3 rings (SSSR count). The second kappa shape index (κ2) is 6.16. The van der Waals surface area contributed by atoms with Crippen LogP contribution in [0.5, 0.6) is 0 Å². The zero-order chi connectivity index (χ0) is 16.4. The van der Waals surface area contributed by atoms with Crippen molar-refractivity contribution in [3.63, 3.8) is 0 Å². The third kappa shape index (κ3) is 2.80. The topological polar surface area (TPSA) is 74.0 Å². The molecule has 23 heavy (non-hydrogen) atoms. The molecule has 2 aromatic carbocycles. The molecule has 1 heterocycles. The largest absolute Gasteiger partial charge is 0.398 e. The van der Waals surface area contributed by atoms with Crippen LogP contribution in [0.4, 0.5) is 5.69 Å². The molecule has 118 valence electrons. The van der Waals surface area contributed by atoms with E-state index in [1.807, 2.05) is 30.3 Å². The fraction of sp³-hybridized carbons (Fsp3) is 0.211. The third-order valence-corrected chi connectivity index (χ3v) is 4.21. The van der Waals surface area contributed by atoms with E-state index in [2.05, 4.69) is 29.7 Å². The number of hydrogen-bond donors (Lipinski definition) is 2. The van der Waals surface area contributed by atoms with Crippen LogP contribution >= 0.6 is 0 Å². The van der Waals surface area contributed by atoms with Crippen LogP contribution in [0.3, 0.4) is 0 Å². The standard InChI is InChI=1S/C19H21N3O/c1-2-16-14(11-18(21)23)19-15(20)9-6-10-17(19)22(16)12-13-7-4-3-5-8-13/h3-10H,2,11-12,20H2,1H3,(H2,21,23). The molecule has 0 spiro atoms. The fourth-order valence-electron chi connectivity index (χ4n) is 3.28. The van der Waals surface area contributed by atoms with E-state index in [1.54, 1.807) is 0 Å². The third-order valence-electron chi connectivity index (χ3n) is 4.21. The molecule has 0 unspecified atom stereocenters. The second-order valence-corrected chi connectivity index (χ2v) is 5.73. The van der Waals surface area contributed by atoms with Crippen molar-refractivity contribution >= 4 is 22.5 Å². The van der Waals surface area contributed by atoms with E-state index < -0.39 is 0 Å². The highest BCUT2D eigenvalue weighted by molar-refractivity contribution is 5.98. The lowest BCUT2D eigenvalue weighted by molar-refractivity contribution is -0.117. The Balaban J connectivity index is 2.23. The molecular weight excluding hydrogens is 286 g/mol. The van der Waals surface area contributed by atoms with Crippen molar-refractivity contribution in [2.75, 3.05) is 5.73 Å². The Morgan fingerprint density at radius 2 is 1.83 bits per heavy atom. The first-order valence-corrected chi connectivity index (χ1v) is 7.82. The molecule has 0 fully saturated rings. The number of nitrogens with zero attached hydrogens (tertiary/aromatic N) is 1. The Morgan fingerprint density at radius 3 is 2.48 bits per heavy atom. The maximum absolute atomic E-state index is 11.5. The van der Waals surface area contributed by atoms with Crippen molar-refractivity contribution in [3.8, 4) is 0 Å². The Morgan fingerprint density at radius 1 is 1.09 bits per heavy atom. The summed E-state index contributed by atoms with van der Waals surface area (Å²) in [5.74, 6) is -0.332. The highest BCUT2D eigenvalue weighted by Crippen LogP contribution is 2.32. The lowest BCUT2D eigenvalue weighted by atomic mass is 10.0. The number of hydrogen-bond acceptors (Lipinski definition) is 2. The van der Waals surface area contributed by atoms with Gasteiger partial charge in [0.15, 0.2) is 0 Å².